The van der Waals surface area contributed by atoms with E-state index in [1.54, 1.807) is 0 Å². The second-order valence-electron chi connectivity index (χ2n) is 8.74. The maximum Gasteiger partial charge on any atom is 0.237 e. The number of hydrogen-bond acceptors (Lipinski definition) is 6. The molecule has 1 aliphatic heterocycles. The third-order valence-electron chi connectivity index (χ3n) is 6.47. The van der Waals surface area contributed by atoms with Crippen molar-refractivity contribution in [1.82, 2.24) is 19.3 Å². The van der Waals surface area contributed by atoms with Gasteiger partial charge in [-0.25, -0.2) is 8.42 Å². The standard InChI is InChI=1S/C24H27N5O3S2/c1-4-29-20-8-6-5-7-18(20)19-13-17(9-10-21(19)29)25-23(30)15(2)33-24-27-26-22(28(24)3)16-11-12-34(31,32)14-16/h5-10,13,15-16H,4,11-12,14H2,1-3H3,(H,25,30). The highest BCUT2D eigenvalue weighted by molar-refractivity contribution is 8.00. The molecule has 0 spiro atoms. The van der Waals surface area contributed by atoms with Gasteiger partial charge in [-0.05, 0) is 44.5 Å². The smallest absolute Gasteiger partial charge is 0.237 e. The molecule has 1 fully saturated rings. The van der Waals surface area contributed by atoms with E-state index in [2.05, 4.69) is 45.2 Å². The summed E-state index contributed by atoms with van der Waals surface area (Å²) < 4.78 is 27.7. The molecule has 178 valence electrons. The molecule has 4 aromatic rings. The Morgan fingerprint density at radius 2 is 1.94 bits per heavy atom. The third kappa shape index (κ3) is 4.09. The van der Waals surface area contributed by atoms with E-state index in [1.807, 2.05) is 42.8 Å². The first kappa shape index (κ1) is 22.9. The van der Waals surface area contributed by atoms with Crippen molar-refractivity contribution in [3.63, 3.8) is 0 Å². The first-order valence-electron chi connectivity index (χ1n) is 11.4. The van der Waals surface area contributed by atoms with Gasteiger partial charge < -0.3 is 14.5 Å². The maximum atomic E-state index is 13.0. The number of sulfone groups is 1. The van der Waals surface area contributed by atoms with Gasteiger partial charge in [0.1, 0.15) is 5.82 Å². The molecule has 1 aliphatic rings. The van der Waals surface area contributed by atoms with Crippen molar-refractivity contribution < 1.29 is 13.2 Å². The Bertz CT molecular complexity index is 1510. The largest absolute Gasteiger partial charge is 0.341 e. The zero-order valence-electron chi connectivity index (χ0n) is 19.4. The van der Waals surface area contributed by atoms with E-state index < -0.39 is 15.1 Å². The summed E-state index contributed by atoms with van der Waals surface area (Å²) in [6.07, 6.45) is 0.561. The van der Waals surface area contributed by atoms with Crippen LogP contribution in [-0.2, 0) is 28.2 Å². The number of anilines is 1. The zero-order valence-corrected chi connectivity index (χ0v) is 21.0. The second kappa shape index (κ2) is 8.74. The van der Waals surface area contributed by atoms with Crippen LogP contribution in [0.3, 0.4) is 0 Å². The van der Waals surface area contributed by atoms with Crippen LogP contribution in [0.1, 0.15) is 32.0 Å². The molecule has 2 atom stereocenters. The van der Waals surface area contributed by atoms with Gasteiger partial charge in [0, 0.05) is 47.0 Å². The van der Waals surface area contributed by atoms with Crippen LogP contribution in [0.15, 0.2) is 47.6 Å². The van der Waals surface area contributed by atoms with Crippen molar-refractivity contribution in [3.05, 3.63) is 48.3 Å². The van der Waals surface area contributed by atoms with Crippen molar-refractivity contribution in [2.75, 3.05) is 16.8 Å². The molecule has 34 heavy (non-hydrogen) atoms. The minimum absolute atomic E-state index is 0.108. The Kier molecular flexibility index (Phi) is 5.89. The van der Waals surface area contributed by atoms with Gasteiger partial charge in [-0.15, -0.1) is 10.2 Å². The van der Waals surface area contributed by atoms with Gasteiger partial charge in [0.25, 0.3) is 0 Å². The van der Waals surface area contributed by atoms with Gasteiger partial charge in [-0.1, -0.05) is 30.0 Å². The molecule has 3 heterocycles. The molecule has 2 unspecified atom stereocenters. The van der Waals surface area contributed by atoms with E-state index >= 15 is 0 Å². The van der Waals surface area contributed by atoms with Crippen LogP contribution in [0.2, 0.25) is 0 Å². The zero-order chi connectivity index (χ0) is 24.0. The number of nitrogens with one attached hydrogen (secondary N) is 1. The lowest BCUT2D eigenvalue weighted by Gasteiger charge is -2.13. The summed E-state index contributed by atoms with van der Waals surface area (Å²) in [5.41, 5.74) is 3.07. The summed E-state index contributed by atoms with van der Waals surface area (Å²) in [6, 6.07) is 14.3. The van der Waals surface area contributed by atoms with Crippen LogP contribution >= 0.6 is 11.8 Å². The van der Waals surface area contributed by atoms with E-state index in [0.29, 0.717) is 17.4 Å². The van der Waals surface area contributed by atoms with Gasteiger partial charge in [0.15, 0.2) is 15.0 Å². The Balaban J connectivity index is 1.33. The fraction of sp³-hybridized carbons (Fsp3) is 0.375. The lowest BCUT2D eigenvalue weighted by atomic mass is 10.1. The van der Waals surface area contributed by atoms with Crippen LogP contribution in [-0.4, -0.2) is 50.4 Å². The Labute approximate surface area is 202 Å². The van der Waals surface area contributed by atoms with Crippen LogP contribution in [0.4, 0.5) is 5.69 Å². The van der Waals surface area contributed by atoms with Gasteiger partial charge in [0.2, 0.25) is 5.91 Å². The first-order chi connectivity index (χ1) is 16.3. The molecular weight excluding hydrogens is 470 g/mol. The summed E-state index contributed by atoms with van der Waals surface area (Å²) in [5.74, 6) is 0.687. The van der Waals surface area contributed by atoms with Crippen molar-refractivity contribution in [3.8, 4) is 0 Å². The number of benzene rings is 2. The normalized spacial score (nSPS) is 18.5. The molecule has 1 amide bonds. The molecule has 0 aliphatic carbocycles. The van der Waals surface area contributed by atoms with E-state index in [0.717, 1.165) is 23.1 Å². The number of thioether (sulfide) groups is 1. The maximum absolute atomic E-state index is 13.0. The molecule has 1 N–H and O–H groups in total. The Morgan fingerprint density at radius 3 is 2.68 bits per heavy atom. The lowest BCUT2D eigenvalue weighted by molar-refractivity contribution is -0.115. The molecule has 8 nitrogen and oxygen atoms in total. The Morgan fingerprint density at radius 1 is 1.18 bits per heavy atom. The molecule has 0 bridgehead atoms. The van der Waals surface area contributed by atoms with Gasteiger partial charge in [-0.3, -0.25) is 4.79 Å². The second-order valence-corrected chi connectivity index (χ2v) is 12.3. The third-order valence-corrected chi connectivity index (χ3v) is 9.38. The number of aromatic nitrogens is 4. The SMILES string of the molecule is CCn1c2ccccc2c2cc(NC(=O)C(C)Sc3nnc(C4CCS(=O)(=O)C4)n3C)ccc21. The topological polar surface area (TPSA) is 98.9 Å². The van der Waals surface area contributed by atoms with Gasteiger partial charge >= 0.3 is 0 Å². The van der Waals surface area contributed by atoms with E-state index in [-0.39, 0.29) is 23.3 Å². The van der Waals surface area contributed by atoms with Crippen molar-refractivity contribution in [1.29, 1.82) is 0 Å². The minimum atomic E-state index is -3.01. The van der Waals surface area contributed by atoms with Gasteiger partial charge in [0.05, 0.1) is 16.8 Å². The van der Waals surface area contributed by atoms with Crippen LogP contribution < -0.4 is 5.32 Å². The highest BCUT2D eigenvalue weighted by atomic mass is 32.2. The number of hydrogen-bond donors (Lipinski definition) is 1. The highest BCUT2D eigenvalue weighted by Crippen LogP contribution is 2.32. The summed E-state index contributed by atoms with van der Waals surface area (Å²) >= 11 is 1.31. The molecule has 2 aromatic heterocycles. The average molecular weight is 498 g/mol. The summed E-state index contributed by atoms with van der Waals surface area (Å²) in [5, 5.41) is 14.0. The molecular formula is C24H27N5O3S2. The number of fused-ring (bicyclic) bond motifs is 3. The Hall–Kier alpha value is -2.85. The van der Waals surface area contributed by atoms with E-state index in [9.17, 15) is 13.2 Å². The average Bonchev–Trinajstić information content (AvgIpc) is 3.46. The van der Waals surface area contributed by atoms with Crippen molar-refractivity contribution in [2.24, 2.45) is 7.05 Å². The van der Waals surface area contributed by atoms with E-state index in [4.69, 9.17) is 0 Å². The van der Waals surface area contributed by atoms with Crippen molar-refractivity contribution in [2.45, 2.75) is 43.1 Å². The quantitative estimate of drug-likeness (QED) is 0.405. The predicted molar refractivity (Wildman–Crippen MR) is 136 cm³/mol. The molecule has 5 rings (SSSR count). The number of rotatable bonds is 6. The summed E-state index contributed by atoms with van der Waals surface area (Å²) in [7, 11) is -1.18. The minimum Gasteiger partial charge on any atom is -0.341 e. The van der Waals surface area contributed by atoms with Crippen LogP contribution in [0, 0.1) is 0 Å². The molecule has 1 saturated heterocycles. The first-order valence-corrected chi connectivity index (χ1v) is 14.1. The van der Waals surface area contributed by atoms with Crippen molar-refractivity contribution >= 4 is 55.0 Å². The molecule has 0 radical (unpaired) electrons. The summed E-state index contributed by atoms with van der Waals surface area (Å²) in [6.45, 7) is 4.83. The summed E-state index contributed by atoms with van der Waals surface area (Å²) in [4.78, 5) is 13.0. The molecule has 2 aromatic carbocycles. The number of amides is 1. The lowest BCUT2D eigenvalue weighted by Crippen LogP contribution is -2.23. The van der Waals surface area contributed by atoms with Crippen LogP contribution in [0.5, 0.6) is 0 Å². The number of nitrogens with zero attached hydrogens (tertiary/aromatic N) is 4. The van der Waals surface area contributed by atoms with Gasteiger partial charge in [-0.2, -0.15) is 0 Å². The fourth-order valence-electron chi connectivity index (χ4n) is 4.71. The van der Waals surface area contributed by atoms with Crippen LogP contribution in [0.25, 0.3) is 21.8 Å². The molecule has 0 saturated carbocycles. The van der Waals surface area contributed by atoms with E-state index in [1.165, 1.54) is 22.7 Å². The molecule has 10 heteroatoms. The highest BCUT2D eigenvalue weighted by Gasteiger charge is 2.33. The predicted octanol–water partition coefficient (Wildman–Crippen LogP) is 3.96. The number of carbonyl (C=O) groups excluding carboxylic acids is 1. The number of para-hydroxylation sites is 1. The number of carbonyl (C=O) groups is 1. The fourth-order valence-corrected chi connectivity index (χ4v) is 7.27. The number of aryl methyl sites for hydroxylation is 1. The monoisotopic (exact) mass is 497 g/mol.